The van der Waals surface area contributed by atoms with E-state index in [0.29, 0.717) is 5.52 Å². The minimum absolute atomic E-state index is 0.252. The average molecular weight is 364 g/mol. The maximum atomic E-state index is 14.2. The van der Waals surface area contributed by atoms with Crippen LogP contribution in [0.4, 0.5) is 15.8 Å². The van der Waals surface area contributed by atoms with Crippen molar-refractivity contribution < 1.29 is 4.39 Å². The van der Waals surface area contributed by atoms with Crippen LogP contribution in [0.15, 0.2) is 48.5 Å². The average Bonchev–Trinajstić information content (AvgIpc) is 2.68. The van der Waals surface area contributed by atoms with Crippen LogP contribution < -0.4 is 10.6 Å². The molecular formula is C22H25FN4. The Morgan fingerprint density at radius 3 is 2.63 bits per heavy atom. The number of hydrogen-bond donors (Lipinski definition) is 1. The number of anilines is 2. The summed E-state index contributed by atoms with van der Waals surface area (Å²) in [5.74, 6) is -0.252. The highest BCUT2D eigenvalue weighted by atomic mass is 19.1. The Morgan fingerprint density at radius 1 is 1.04 bits per heavy atom. The van der Waals surface area contributed by atoms with Crippen molar-refractivity contribution in [1.29, 1.82) is 0 Å². The van der Waals surface area contributed by atoms with Gasteiger partial charge in [0.2, 0.25) is 0 Å². The molecule has 2 heterocycles. The van der Waals surface area contributed by atoms with E-state index in [4.69, 9.17) is 5.73 Å². The lowest BCUT2D eigenvalue weighted by Crippen LogP contribution is -2.47. The van der Waals surface area contributed by atoms with Crippen LogP contribution in [0.3, 0.4) is 0 Å². The van der Waals surface area contributed by atoms with Gasteiger partial charge in [0.05, 0.1) is 0 Å². The molecule has 1 saturated heterocycles. The van der Waals surface area contributed by atoms with Crippen molar-refractivity contribution in [2.45, 2.75) is 13.3 Å². The molecule has 3 aromatic rings. The molecule has 2 aromatic carbocycles. The summed E-state index contributed by atoms with van der Waals surface area (Å²) < 4.78 is 14.2. The lowest BCUT2D eigenvalue weighted by molar-refractivity contribution is 0.261. The van der Waals surface area contributed by atoms with Crippen LogP contribution in [0.5, 0.6) is 0 Å². The van der Waals surface area contributed by atoms with Crippen molar-refractivity contribution in [2.24, 2.45) is 0 Å². The van der Waals surface area contributed by atoms with Crippen molar-refractivity contribution in [1.82, 2.24) is 9.88 Å². The molecule has 0 aliphatic carbocycles. The molecule has 1 aromatic heterocycles. The smallest absolute Gasteiger partial charge is 0.149 e. The van der Waals surface area contributed by atoms with Gasteiger partial charge in [0.15, 0.2) is 0 Å². The third kappa shape index (κ3) is 3.88. The summed E-state index contributed by atoms with van der Waals surface area (Å²) in [5.41, 5.74) is 10.4. The van der Waals surface area contributed by atoms with E-state index in [1.54, 1.807) is 0 Å². The second-order valence-electron chi connectivity index (χ2n) is 7.24. The zero-order valence-electron chi connectivity index (χ0n) is 15.7. The highest BCUT2D eigenvalue weighted by Crippen LogP contribution is 2.29. The normalized spacial score (nSPS) is 15.4. The molecule has 5 heteroatoms. The molecule has 1 aliphatic heterocycles. The summed E-state index contributed by atoms with van der Waals surface area (Å²) in [7, 11) is 0. The van der Waals surface area contributed by atoms with E-state index >= 15 is 0 Å². The predicted molar refractivity (Wildman–Crippen MR) is 110 cm³/mol. The molecule has 0 atom stereocenters. The van der Waals surface area contributed by atoms with Crippen LogP contribution in [-0.2, 0) is 6.42 Å². The molecule has 1 aliphatic rings. The Bertz CT molecular complexity index is 948. The summed E-state index contributed by atoms with van der Waals surface area (Å²) >= 11 is 0. The van der Waals surface area contributed by atoms with Crippen molar-refractivity contribution in [2.75, 3.05) is 43.4 Å². The maximum Gasteiger partial charge on any atom is 0.149 e. The summed E-state index contributed by atoms with van der Waals surface area (Å²) in [4.78, 5) is 9.22. The number of pyridine rings is 1. The van der Waals surface area contributed by atoms with Gasteiger partial charge in [-0.1, -0.05) is 12.1 Å². The molecular weight excluding hydrogens is 339 g/mol. The van der Waals surface area contributed by atoms with Crippen LogP contribution in [0.2, 0.25) is 0 Å². The van der Waals surface area contributed by atoms with Crippen LogP contribution in [-0.4, -0.2) is 42.6 Å². The Kier molecular flexibility index (Phi) is 4.94. The van der Waals surface area contributed by atoms with Gasteiger partial charge in [0, 0.05) is 55.2 Å². The van der Waals surface area contributed by atoms with Gasteiger partial charge in [0.25, 0.3) is 0 Å². The number of aryl methyl sites for hydroxylation is 1. The van der Waals surface area contributed by atoms with Crippen LogP contribution >= 0.6 is 0 Å². The molecule has 0 unspecified atom stereocenters. The number of hydrogen-bond acceptors (Lipinski definition) is 4. The van der Waals surface area contributed by atoms with Gasteiger partial charge in [-0.15, -0.1) is 0 Å². The fraction of sp³-hybridized carbons (Fsp3) is 0.318. The first kappa shape index (κ1) is 17.7. The van der Waals surface area contributed by atoms with Crippen LogP contribution in [0.25, 0.3) is 10.9 Å². The summed E-state index contributed by atoms with van der Waals surface area (Å²) in [6, 6.07) is 15.5. The predicted octanol–water partition coefficient (Wildman–Crippen LogP) is 3.63. The molecule has 4 nitrogen and oxygen atoms in total. The highest BCUT2D eigenvalue weighted by Gasteiger charge is 2.19. The third-order valence-corrected chi connectivity index (χ3v) is 5.30. The van der Waals surface area contributed by atoms with E-state index in [0.717, 1.165) is 61.6 Å². The standard InChI is InChI=1S/C22H25FN4/c1-16-5-6-19-21(8-7-20(23)22(19)25-16)27-13-11-26(12-14-27)10-9-17-3-2-4-18(24)15-17/h2-8,15H,9-14,24H2,1H3. The molecule has 0 radical (unpaired) electrons. The van der Waals surface area contributed by atoms with E-state index in [-0.39, 0.29) is 5.82 Å². The first-order valence-electron chi connectivity index (χ1n) is 9.48. The first-order valence-corrected chi connectivity index (χ1v) is 9.48. The highest BCUT2D eigenvalue weighted by molar-refractivity contribution is 5.92. The fourth-order valence-electron chi connectivity index (χ4n) is 3.79. The zero-order chi connectivity index (χ0) is 18.8. The minimum Gasteiger partial charge on any atom is -0.399 e. The Morgan fingerprint density at radius 2 is 1.85 bits per heavy atom. The number of rotatable bonds is 4. The van der Waals surface area contributed by atoms with Gasteiger partial charge in [-0.05, 0) is 55.3 Å². The summed E-state index contributed by atoms with van der Waals surface area (Å²) in [6.45, 7) is 6.80. The van der Waals surface area contributed by atoms with Crippen molar-refractivity contribution in [3.63, 3.8) is 0 Å². The molecule has 1 fully saturated rings. The van der Waals surface area contributed by atoms with E-state index < -0.39 is 0 Å². The number of halogens is 1. The molecule has 2 N–H and O–H groups in total. The third-order valence-electron chi connectivity index (χ3n) is 5.30. The van der Waals surface area contributed by atoms with E-state index in [1.807, 2.05) is 37.3 Å². The molecule has 0 amide bonds. The quantitative estimate of drug-likeness (QED) is 0.718. The number of nitrogen functional groups attached to an aromatic ring is 1. The summed E-state index contributed by atoms with van der Waals surface area (Å²) in [6.07, 6.45) is 1.01. The topological polar surface area (TPSA) is 45.4 Å². The van der Waals surface area contributed by atoms with Crippen LogP contribution in [0, 0.1) is 12.7 Å². The molecule has 140 valence electrons. The lowest BCUT2D eigenvalue weighted by atomic mass is 10.1. The fourth-order valence-corrected chi connectivity index (χ4v) is 3.79. The van der Waals surface area contributed by atoms with Gasteiger partial charge >= 0.3 is 0 Å². The van der Waals surface area contributed by atoms with Crippen LogP contribution in [0.1, 0.15) is 11.3 Å². The Labute approximate surface area is 159 Å². The number of benzene rings is 2. The number of piperazine rings is 1. The monoisotopic (exact) mass is 364 g/mol. The van der Waals surface area contributed by atoms with Gasteiger partial charge in [-0.2, -0.15) is 0 Å². The van der Waals surface area contributed by atoms with Gasteiger partial charge < -0.3 is 10.6 Å². The second-order valence-corrected chi connectivity index (χ2v) is 7.24. The molecule has 0 saturated carbocycles. The number of aromatic nitrogens is 1. The summed E-state index contributed by atoms with van der Waals surface area (Å²) in [5, 5.41) is 0.897. The van der Waals surface area contributed by atoms with Crippen molar-refractivity contribution in [3.05, 3.63) is 65.6 Å². The Hall–Kier alpha value is -2.66. The van der Waals surface area contributed by atoms with E-state index in [9.17, 15) is 4.39 Å². The maximum absolute atomic E-state index is 14.2. The molecule has 0 spiro atoms. The Balaban J connectivity index is 1.42. The van der Waals surface area contributed by atoms with Crippen molar-refractivity contribution >= 4 is 22.3 Å². The van der Waals surface area contributed by atoms with E-state index in [2.05, 4.69) is 26.9 Å². The number of nitrogens with zero attached hydrogens (tertiary/aromatic N) is 3. The van der Waals surface area contributed by atoms with Gasteiger partial charge in [-0.3, -0.25) is 4.90 Å². The SMILES string of the molecule is Cc1ccc2c(N3CCN(CCc4cccc(N)c4)CC3)ccc(F)c2n1. The number of fused-ring (bicyclic) bond motifs is 1. The minimum atomic E-state index is -0.252. The molecule has 0 bridgehead atoms. The number of nitrogens with two attached hydrogens (primary N) is 1. The zero-order valence-corrected chi connectivity index (χ0v) is 15.7. The lowest BCUT2D eigenvalue weighted by Gasteiger charge is -2.36. The van der Waals surface area contributed by atoms with Gasteiger partial charge in [0.1, 0.15) is 11.3 Å². The van der Waals surface area contributed by atoms with E-state index in [1.165, 1.54) is 11.6 Å². The first-order chi connectivity index (χ1) is 13.1. The van der Waals surface area contributed by atoms with Gasteiger partial charge in [-0.25, -0.2) is 9.37 Å². The largest absolute Gasteiger partial charge is 0.399 e. The van der Waals surface area contributed by atoms with Crippen molar-refractivity contribution in [3.8, 4) is 0 Å². The molecule has 27 heavy (non-hydrogen) atoms. The second kappa shape index (κ2) is 7.53. The molecule has 4 rings (SSSR count).